The summed E-state index contributed by atoms with van der Waals surface area (Å²) in [6.07, 6.45) is -7.50. The molecule has 0 saturated carbocycles. The third-order valence-electron chi connectivity index (χ3n) is 2.06. The van der Waals surface area contributed by atoms with Gasteiger partial charge in [-0.1, -0.05) is 23.2 Å². The lowest BCUT2D eigenvalue weighted by atomic mass is 10.2. The van der Waals surface area contributed by atoms with E-state index < -0.39 is 24.7 Å². The Balaban J connectivity index is 2.80. The minimum atomic E-state index is -4.83. The van der Waals surface area contributed by atoms with Gasteiger partial charge in [0, 0.05) is 0 Å². The summed E-state index contributed by atoms with van der Waals surface area (Å²) in [6, 6.07) is 1.05. The summed E-state index contributed by atoms with van der Waals surface area (Å²) in [5.74, 6) is -0.952. The third-order valence-corrected chi connectivity index (χ3v) is 2.54. The van der Waals surface area contributed by atoms with Crippen molar-refractivity contribution in [3.63, 3.8) is 0 Å². The van der Waals surface area contributed by atoms with Crippen LogP contribution in [0.2, 0.25) is 10.3 Å². The van der Waals surface area contributed by atoms with Crippen LogP contribution in [0.4, 0.5) is 18.9 Å². The Morgan fingerprint density at radius 2 is 2.11 bits per heavy atom. The Labute approximate surface area is 115 Å². The van der Waals surface area contributed by atoms with Gasteiger partial charge >= 0.3 is 6.18 Å². The van der Waals surface area contributed by atoms with Crippen molar-refractivity contribution in [1.82, 2.24) is 10.3 Å². The van der Waals surface area contributed by atoms with Crippen LogP contribution in [0.1, 0.15) is 10.4 Å². The molecule has 1 atom stereocenters. The number of nitrogens with one attached hydrogen (secondary N) is 1. The number of pyridine rings is 1. The maximum atomic E-state index is 12.0. The Kier molecular flexibility index (Phi) is 4.83. The van der Waals surface area contributed by atoms with Gasteiger partial charge in [-0.05, 0) is 6.07 Å². The first-order valence-corrected chi connectivity index (χ1v) is 5.53. The van der Waals surface area contributed by atoms with Crippen LogP contribution in [-0.4, -0.2) is 34.8 Å². The van der Waals surface area contributed by atoms with Crippen LogP contribution in [0.5, 0.6) is 0 Å². The van der Waals surface area contributed by atoms with Crippen molar-refractivity contribution in [1.29, 1.82) is 0 Å². The van der Waals surface area contributed by atoms with Crippen LogP contribution >= 0.6 is 23.2 Å². The van der Waals surface area contributed by atoms with Crippen LogP contribution < -0.4 is 11.1 Å². The van der Waals surface area contributed by atoms with E-state index in [4.69, 9.17) is 34.0 Å². The van der Waals surface area contributed by atoms with Gasteiger partial charge in [0.1, 0.15) is 5.15 Å². The second-order valence-electron chi connectivity index (χ2n) is 3.46. The average molecular weight is 318 g/mol. The van der Waals surface area contributed by atoms with E-state index in [0.717, 1.165) is 6.07 Å². The Hall–Kier alpha value is -1.25. The highest BCUT2D eigenvalue weighted by Crippen LogP contribution is 2.24. The van der Waals surface area contributed by atoms with Gasteiger partial charge < -0.3 is 16.2 Å². The van der Waals surface area contributed by atoms with E-state index in [1.54, 1.807) is 0 Å². The van der Waals surface area contributed by atoms with E-state index in [9.17, 15) is 18.0 Å². The average Bonchev–Trinajstić information content (AvgIpc) is 2.28. The Morgan fingerprint density at radius 3 is 2.63 bits per heavy atom. The molecule has 106 valence electrons. The number of anilines is 1. The molecule has 0 aliphatic carbocycles. The second-order valence-corrected chi connectivity index (χ2v) is 4.21. The molecule has 0 saturated heterocycles. The van der Waals surface area contributed by atoms with E-state index >= 15 is 0 Å². The number of aliphatic hydroxyl groups is 1. The summed E-state index contributed by atoms with van der Waals surface area (Å²) in [5, 5.41) is 10.2. The third kappa shape index (κ3) is 4.12. The molecule has 5 nitrogen and oxygen atoms in total. The minimum absolute atomic E-state index is 0.138. The number of nitrogens with two attached hydrogens (primary N) is 1. The molecular weight excluding hydrogens is 310 g/mol. The molecule has 0 unspecified atom stereocenters. The van der Waals surface area contributed by atoms with Crippen molar-refractivity contribution in [2.75, 3.05) is 12.3 Å². The number of nitrogens with zero attached hydrogens (tertiary/aromatic N) is 1. The monoisotopic (exact) mass is 317 g/mol. The number of hydrogen-bond acceptors (Lipinski definition) is 4. The first kappa shape index (κ1) is 15.8. The SMILES string of the molecule is Nc1c(C(=O)NC[C@H](O)C(F)(F)F)cc(Cl)nc1Cl. The fourth-order valence-electron chi connectivity index (χ4n) is 1.08. The van der Waals surface area contributed by atoms with Gasteiger partial charge in [-0.15, -0.1) is 0 Å². The van der Waals surface area contributed by atoms with E-state index in [0.29, 0.717) is 0 Å². The Bertz CT molecular complexity index is 496. The van der Waals surface area contributed by atoms with Gasteiger partial charge in [0.05, 0.1) is 17.8 Å². The molecule has 1 aromatic rings. The van der Waals surface area contributed by atoms with E-state index in [2.05, 4.69) is 4.98 Å². The van der Waals surface area contributed by atoms with Crippen LogP contribution in [0.25, 0.3) is 0 Å². The van der Waals surface area contributed by atoms with Gasteiger partial charge in [0.15, 0.2) is 11.3 Å². The van der Waals surface area contributed by atoms with Crippen molar-refractivity contribution in [3.8, 4) is 0 Å². The standard InChI is InChI=1S/C9H8Cl2F3N3O2/c10-5-1-3(6(15)7(11)17-5)8(19)16-2-4(18)9(12,13)14/h1,4,18H,2,15H2,(H,16,19)/t4-/m0/s1. The summed E-state index contributed by atoms with van der Waals surface area (Å²) < 4.78 is 36.1. The fraction of sp³-hybridized carbons (Fsp3) is 0.333. The maximum Gasteiger partial charge on any atom is 0.416 e. The topological polar surface area (TPSA) is 88.2 Å². The molecule has 4 N–H and O–H groups in total. The van der Waals surface area contributed by atoms with Gasteiger partial charge in [-0.2, -0.15) is 13.2 Å². The van der Waals surface area contributed by atoms with Crippen LogP contribution in [0, 0.1) is 0 Å². The molecule has 0 aliphatic heterocycles. The molecule has 0 aromatic carbocycles. The van der Waals surface area contributed by atoms with Crippen LogP contribution in [0.15, 0.2) is 6.07 Å². The number of amides is 1. The number of rotatable bonds is 3. The van der Waals surface area contributed by atoms with E-state index in [1.807, 2.05) is 5.32 Å². The lowest BCUT2D eigenvalue weighted by molar-refractivity contribution is -0.201. The molecule has 10 heteroatoms. The van der Waals surface area contributed by atoms with Crippen molar-refractivity contribution < 1.29 is 23.1 Å². The maximum absolute atomic E-state index is 12.0. The first-order chi connectivity index (χ1) is 8.62. The minimum Gasteiger partial charge on any atom is -0.396 e. The molecule has 0 spiro atoms. The van der Waals surface area contributed by atoms with Crippen molar-refractivity contribution >= 4 is 34.8 Å². The van der Waals surface area contributed by atoms with Crippen LogP contribution in [-0.2, 0) is 0 Å². The zero-order chi connectivity index (χ0) is 14.8. The summed E-state index contributed by atoms with van der Waals surface area (Å²) >= 11 is 11.1. The van der Waals surface area contributed by atoms with Gasteiger partial charge in [-0.3, -0.25) is 4.79 Å². The number of carbonyl (C=O) groups is 1. The number of alkyl halides is 3. The quantitative estimate of drug-likeness (QED) is 0.739. The summed E-state index contributed by atoms with van der Waals surface area (Å²) in [6.45, 7) is -1.01. The summed E-state index contributed by atoms with van der Waals surface area (Å²) in [5.41, 5.74) is 5.01. The van der Waals surface area contributed by atoms with E-state index in [-0.39, 0.29) is 21.6 Å². The highest BCUT2D eigenvalue weighted by molar-refractivity contribution is 6.35. The normalized spacial score (nSPS) is 13.2. The predicted molar refractivity (Wildman–Crippen MR) is 63.1 cm³/mol. The number of aliphatic hydroxyl groups excluding tert-OH is 1. The summed E-state index contributed by atoms with van der Waals surface area (Å²) in [7, 11) is 0. The number of hydrogen-bond donors (Lipinski definition) is 3. The molecule has 0 aliphatic rings. The van der Waals surface area contributed by atoms with Gasteiger partial charge in [0.2, 0.25) is 0 Å². The highest BCUT2D eigenvalue weighted by Gasteiger charge is 2.38. The van der Waals surface area contributed by atoms with Crippen LogP contribution in [0.3, 0.4) is 0 Å². The largest absolute Gasteiger partial charge is 0.416 e. The highest BCUT2D eigenvalue weighted by atomic mass is 35.5. The summed E-state index contributed by atoms with van der Waals surface area (Å²) in [4.78, 5) is 15.1. The van der Waals surface area contributed by atoms with Gasteiger partial charge in [-0.25, -0.2) is 4.98 Å². The zero-order valence-electron chi connectivity index (χ0n) is 9.13. The van der Waals surface area contributed by atoms with Gasteiger partial charge in [0.25, 0.3) is 5.91 Å². The van der Waals surface area contributed by atoms with E-state index in [1.165, 1.54) is 0 Å². The molecule has 0 radical (unpaired) electrons. The number of carbonyl (C=O) groups excluding carboxylic acids is 1. The smallest absolute Gasteiger partial charge is 0.396 e. The molecule has 1 rings (SSSR count). The Morgan fingerprint density at radius 1 is 1.53 bits per heavy atom. The number of aromatic nitrogens is 1. The second kappa shape index (κ2) is 5.81. The molecule has 0 bridgehead atoms. The molecule has 1 heterocycles. The fourth-order valence-corrected chi connectivity index (χ4v) is 1.51. The molecule has 19 heavy (non-hydrogen) atoms. The molecule has 0 fully saturated rings. The lowest BCUT2D eigenvalue weighted by Gasteiger charge is -2.15. The molecular formula is C9H8Cl2F3N3O2. The number of nitrogen functional groups attached to an aromatic ring is 1. The van der Waals surface area contributed by atoms with Crippen molar-refractivity contribution in [2.24, 2.45) is 0 Å². The first-order valence-electron chi connectivity index (χ1n) is 4.77. The zero-order valence-corrected chi connectivity index (χ0v) is 10.6. The predicted octanol–water partition coefficient (Wildman–Crippen LogP) is 1.62. The van der Waals surface area contributed by atoms with Crippen molar-refractivity contribution in [3.05, 3.63) is 21.9 Å². The van der Waals surface area contributed by atoms with Crippen molar-refractivity contribution in [2.45, 2.75) is 12.3 Å². The lowest BCUT2D eigenvalue weighted by Crippen LogP contribution is -2.40. The molecule has 1 aromatic heterocycles. The number of halogens is 5. The molecule has 1 amide bonds.